The summed E-state index contributed by atoms with van der Waals surface area (Å²) in [6.45, 7) is 3.44. The lowest BCUT2D eigenvalue weighted by Gasteiger charge is -2.25. The van der Waals surface area contributed by atoms with Crippen molar-refractivity contribution in [2.75, 3.05) is 5.32 Å². The third kappa shape index (κ3) is 5.16. The topological polar surface area (TPSA) is 113 Å². The third-order valence-corrected chi connectivity index (χ3v) is 7.21. The van der Waals surface area contributed by atoms with E-state index in [1.165, 1.54) is 24.3 Å². The van der Waals surface area contributed by atoms with Crippen LogP contribution in [0, 0.1) is 0 Å². The van der Waals surface area contributed by atoms with Gasteiger partial charge in [0.2, 0.25) is 15.9 Å². The predicted octanol–water partition coefficient (Wildman–Crippen LogP) is 3.22. The summed E-state index contributed by atoms with van der Waals surface area (Å²) >= 11 is 0. The van der Waals surface area contributed by atoms with Gasteiger partial charge in [-0.25, -0.2) is 13.1 Å². The second-order valence-electron chi connectivity index (χ2n) is 8.52. The normalized spacial score (nSPS) is 14.2. The number of nitrogens with one attached hydrogen (secondary N) is 2. The molecular formula is C26H25N3O5S. The van der Waals surface area contributed by atoms with Crippen molar-refractivity contribution in [3.63, 3.8) is 0 Å². The molecule has 1 atom stereocenters. The van der Waals surface area contributed by atoms with E-state index in [-0.39, 0.29) is 28.5 Å². The zero-order chi connectivity index (χ0) is 25.2. The van der Waals surface area contributed by atoms with Crippen molar-refractivity contribution in [1.29, 1.82) is 0 Å². The lowest BCUT2D eigenvalue weighted by atomic mass is 10.0. The molecule has 2 N–H and O–H groups in total. The zero-order valence-electron chi connectivity index (χ0n) is 19.3. The molecule has 1 aliphatic rings. The molecule has 0 saturated carbocycles. The highest BCUT2D eigenvalue weighted by atomic mass is 32.2. The minimum absolute atomic E-state index is 0.0605. The van der Waals surface area contributed by atoms with Crippen LogP contribution in [0.1, 0.15) is 40.1 Å². The summed E-state index contributed by atoms with van der Waals surface area (Å²) in [6, 6.07) is 19.9. The highest BCUT2D eigenvalue weighted by Gasteiger charge is 2.42. The average Bonchev–Trinajstić information content (AvgIpc) is 3.08. The van der Waals surface area contributed by atoms with Crippen molar-refractivity contribution in [3.05, 3.63) is 95.6 Å². The van der Waals surface area contributed by atoms with Crippen LogP contribution in [0.4, 0.5) is 5.69 Å². The summed E-state index contributed by atoms with van der Waals surface area (Å²) in [5, 5.41) is 2.73. The molecule has 0 saturated heterocycles. The molecule has 4 rings (SSSR count). The van der Waals surface area contributed by atoms with Gasteiger partial charge in [-0.3, -0.25) is 19.3 Å². The Morgan fingerprint density at radius 1 is 0.829 bits per heavy atom. The van der Waals surface area contributed by atoms with Crippen molar-refractivity contribution < 1.29 is 22.8 Å². The van der Waals surface area contributed by atoms with Gasteiger partial charge in [0.25, 0.3) is 11.8 Å². The first-order valence-corrected chi connectivity index (χ1v) is 12.6. The fourth-order valence-corrected chi connectivity index (χ4v) is 5.20. The SMILES string of the molecule is CC(C)NS(=O)(=O)c1ccc(NC(=O)C(Cc2ccccc2)N2C(=O)c3ccccc3C2=O)cc1. The Balaban J connectivity index is 1.60. The van der Waals surface area contributed by atoms with Gasteiger partial charge in [0.1, 0.15) is 6.04 Å². The van der Waals surface area contributed by atoms with E-state index in [2.05, 4.69) is 10.0 Å². The summed E-state index contributed by atoms with van der Waals surface area (Å²) in [7, 11) is -3.68. The molecule has 8 nitrogen and oxygen atoms in total. The van der Waals surface area contributed by atoms with Gasteiger partial charge >= 0.3 is 0 Å². The van der Waals surface area contributed by atoms with E-state index in [1.807, 2.05) is 30.3 Å². The highest BCUT2D eigenvalue weighted by Crippen LogP contribution is 2.27. The predicted molar refractivity (Wildman–Crippen MR) is 131 cm³/mol. The first-order chi connectivity index (χ1) is 16.7. The van der Waals surface area contributed by atoms with Gasteiger partial charge in [0.05, 0.1) is 16.0 Å². The summed E-state index contributed by atoms with van der Waals surface area (Å²) in [5.74, 6) is -1.61. The lowest BCUT2D eigenvalue weighted by molar-refractivity contribution is -0.119. The first kappa shape index (κ1) is 24.3. The Morgan fingerprint density at radius 2 is 1.37 bits per heavy atom. The molecule has 0 radical (unpaired) electrons. The van der Waals surface area contributed by atoms with Crippen molar-refractivity contribution in [2.24, 2.45) is 0 Å². The van der Waals surface area contributed by atoms with Gasteiger partial charge in [0, 0.05) is 18.2 Å². The second kappa shape index (κ2) is 9.81. The minimum atomic E-state index is -3.68. The lowest BCUT2D eigenvalue weighted by Crippen LogP contribution is -2.48. The second-order valence-corrected chi connectivity index (χ2v) is 10.2. The number of carbonyl (C=O) groups is 3. The molecule has 35 heavy (non-hydrogen) atoms. The van der Waals surface area contributed by atoms with Crippen LogP contribution in [0.25, 0.3) is 0 Å². The van der Waals surface area contributed by atoms with Crippen LogP contribution in [-0.4, -0.2) is 43.1 Å². The molecule has 1 aliphatic heterocycles. The van der Waals surface area contributed by atoms with Crippen LogP contribution in [0.3, 0.4) is 0 Å². The quantitative estimate of drug-likeness (QED) is 0.470. The van der Waals surface area contributed by atoms with E-state index in [9.17, 15) is 22.8 Å². The maximum absolute atomic E-state index is 13.4. The van der Waals surface area contributed by atoms with E-state index in [4.69, 9.17) is 0 Å². The molecule has 0 fully saturated rings. The van der Waals surface area contributed by atoms with Gasteiger partial charge in [-0.2, -0.15) is 0 Å². The number of fused-ring (bicyclic) bond motifs is 1. The number of anilines is 1. The number of nitrogens with zero attached hydrogens (tertiary/aromatic N) is 1. The van der Waals surface area contributed by atoms with E-state index in [0.717, 1.165) is 10.5 Å². The van der Waals surface area contributed by atoms with E-state index in [1.54, 1.807) is 38.1 Å². The van der Waals surface area contributed by atoms with Crippen LogP contribution < -0.4 is 10.0 Å². The molecule has 1 unspecified atom stereocenters. The fraction of sp³-hybridized carbons (Fsp3) is 0.192. The summed E-state index contributed by atoms with van der Waals surface area (Å²) in [4.78, 5) is 40.6. The number of benzene rings is 3. The molecule has 9 heteroatoms. The fourth-order valence-electron chi connectivity index (χ4n) is 3.95. The number of hydrogen-bond acceptors (Lipinski definition) is 5. The Hall–Kier alpha value is -3.82. The first-order valence-electron chi connectivity index (χ1n) is 11.1. The highest BCUT2D eigenvalue weighted by molar-refractivity contribution is 7.89. The van der Waals surface area contributed by atoms with Crippen molar-refractivity contribution in [3.8, 4) is 0 Å². The van der Waals surface area contributed by atoms with Gasteiger partial charge in [-0.15, -0.1) is 0 Å². The molecule has 0 aromatic heterocycles. The van der Waals surface area contributed by atoms with Crippen LogP contribution >= 0.6 is 0 Å². The van der Waals surface area contributed by atoms with Crippen molar-refractivity contribution in [2.45, 2.75) is 37.2 Å². The molecule has 0 aliphatic carbocycles. The molecule has 3 aromatic rings. The van der Waals surface area contributed by atoms with Crippen molar-refractivity contribution >= 4 is 33.4 Å². The maximum Gasteiger partial charge on any atom is 0.262 e. The van der Waals surface area contributed by atoms with Crippen molar-refractivity contribution in [1.82, 2.24) is 9.62 Å². The third-order valence-electron chi connectivity index (χ3n) is 5.53. The van der Waals surface area contributed by atoms with Crippen LogP contribution in [0.15, 0.2) is 83.8 Å². The molecule has 3 amide bonds. The molecular weight excluding hydrogens is 466 g/mol. The van der Waals surface area contributed by atoms with E-state index in [0.29, 0.717) is 5.69 Å². The summed E-state index contributed by atoms with van der Waals surface area (Å²) in [5.41, 5.74) is 1.64. The average molecular weight is 492 g/mol. The van der Waals surface area contributed by atoms with Gasteiger partial charge in [-0.1, -0.05) is 42.5 Å². The molecule has 3 aromatic carbocycles. The monoisotopic (exact) mass is 491 g/mol. The number of rotatable bonds is 8. The van der Waals surface area contributed by atoms with Crippen LogP contribution in [0.2, 0.25) is 0 Å². The van der Waals surface area contributed by atoms with Crippen LogP contribution in [0.5, 0.6) is 0 Å². The van der Waals surface area contributed by atoms with E-state index < -0.39 is 33.8 Å². The molecule has 0 bridgehead atoms. The van der Waals surface area contributed by atoms with Gasteiger partial charge < -0.3 is 5.32 Å². The van der Waals surface area contributed by atoms with Gasteiger partial charge in [-0.05, 0) is 55.8 Å². The Labute approximate surface area is 204 Å². The number of imide groups is 1. The zero-order valence-corrected chi connectivity index (χ0v) is 20.1. The number of carbonyl (C=O) groups excluding carboxylic acids is 3. The van der Waals surface area contributed by atoms with E-state index >= 15 is 0 Å². The smallest absolute Gasteiger partial charge is 0.262 e. The molecule has 1 heterocycles. The Bertz CT molecular complexity index is 1330. The summed E-state index contributed by atoms with van der Waals surface area (Å²) in [6.07, 6.45) is 0.128. The standard InChI is InChI=1S/C26H25N3O5S/c1-17(2)28-35(33,34)20-14-12-19(13-15-20)27-24(30)23(16-18-8-4-3-5-9-18)29-25(31)21-10-6-7-11-22(21)26(29)32/h3-15,17,23,28H,16H2,1-2H3,(H,27,30). The molecule has 180 valence electrons. The number of amides is 3. The maximum atomic E-state index is 13.4. The van der Waals surface area contributed by atoms with Gasteiger partial charge in [0.15, 0.2) is 0 Å². The summed E-state index contributed by atoms with van der Waals surface area (Å²) < 4.78 is 27.2. The largest absolute Gasteiger partial charge is 0.324 e. The Morgan fingerprint density at radius 3 is 1.91 bits per heavy atom. The minimum Gasteiger partial charge on any atom is -0.324 e. The Kier molecular flexibility index (Phi) is 6.81. The molecule has 0 spiro atoms. The number of hydrogen-bond donors (Lipinski definition) is 2. The number of sulfonamides is 1. The van der Waals surface area contributed by atoms with Crippen LogP contribution in [-0.2, 0) is 21.2 Å².